The summed E-state index contributed by atoms with van der Waals surface area (Å²) in [6, 6.07) is 6.16. The molecule has 0 aliphatic heterocycles. The van der Waals surface area contributed by atoms with Crippen molar-refractivity contribution < 1.29 is 31.9 Å². The Labute approximate surface area is 202 Å². The lowest BCUT2D eigenvalue weighted by molar-refractivity contribution is -0.137. The lowest BCUT2D eigenvalue weighted by atomic mass is 10.1. The predicted octanol–water partition coefficient (Wildman–Crippen LogP) is 2.76. The van der Waals surface area contributed by atoms with Gasteiger partial charge in [0.2, 0.25) is 11.2 Å². The fraction of sp³-hybridized carbons (Fsp3) is 0.250. The molecule has 9 nitrogen and oxygen atoms in total. The number of methoxy groups -OCH3 is 1. The molecule has 0 saturated carbocycles. The SMILES string of the molecule is COc1coc(CNC(=O)c2cc(C(=O)N(C)C)c(C)n(-c3cccc(C(F)(F)F)c3)c2=O)cc1=O. The number of nitrogens with one attached hydrogen (secondary N) is 1. The van der Waals surface area contributed by atoms with Crippen molar-refractivity contribution in [2.45, 2.75) is 19.6 Å². The number of carbonyl (C=O) groups excluding carboxylic acids is 2. The van der Waals surface area contributed by atoms with Crippen LogP contribution in [0.15, 0.2) is 56.7 Å². The minimum absolute atomic E-state index is 0.0422. The molecular formula is C24H22F3N3O6. The van der Waals surface area contributed by atoms with E-state index in [1.807, 2.05) is 0 Å². The van der Waals surface area contributed by atoms with Crippen molar-refractivity contribution >= 4 is 11.8 Å². The van der Waals surface area contributed by atoms with Crippen molar-refractivity contribution in [2.75, 3.05) is 21.2 Å². The number of pyridine rings is 1. The number of benzene rings is 1. The molecule has 1 aromatic carbocycles. The van der Waals surface area contributed by atoms with Crippen LogP contribution in [0, 0.1) is 6.92 Å². The number of aromatic nitrogens is 1. The summed E-state index contributed by atoms with van der Waals surface area (Å²) >= 11 is 0. The van der Waals surface area contributed by atoms with Crippen molar-refractivity contribution in [3.63, 3.8) is 0 Å². The fourth-order valence-corrected chi connectivity index (χ4v) is 3.40. The first-order chi connectivity index (χ1) is 16.8. The van der Waals surface area contributed by atoms with Gasteiger partial charge < -0.3 is 19.4 Å². The van der Waals surface area contributed by atoms with Gasteiger partial charge >= 0.3 is 6.18 Å². The molecule has 0 atom stereocenters. The van der Waals surface area contributed by atoms with Gasteiger partial charge in [-0.3, -0.25) is 23.7 Å². The number of alkyl halides is 3. The zero-order chi connectivity index (χ0) is 26.8. The largest absolute Gasteiger partial charge is 0.490 e. The van der Waals surface area contributed by atoms with Crippen LogP contribution in [-0.4, -0.2) is 42.5 Å². The Morgan fingerprint density at radius 3 is 2.39 bits per heavy atom. The van der Waals surface area contributed by atoms with Crippen LogP contribution >= 0.6 is 0 Å². The number of carbonyl (C=O) groups is 2. The van der Waals surface area contributed by atoms with Gasteiger partial charge in [0.15, 0.2) is 0 Å². The number of nitrogens with zero attached hydrogens (tertiary/aromatic N) is 2. The third-order valence-corrected chi connectivity index (χ3v) is 5.26. The number of amides is 2. The molecule has 2 aromatic heterocycles. The van der Waals surface area contributed by atoms with E-state index in [-0.39, 0.29) is 35.0 Å². The molecule has 1 N–H and O–H groups in total. The Bertz CT molecular complexity index is 1440. The first-order valence-corrected chi connectivity index (χ1v) is 10.4. The lowest BCUT2D eigenvalue weighted by Gasteiger charge is -2.19. The van der Waals surface area contributed by atoms with E-state index in [2.05, 4.69) is 5.32 Å². The summed E-state index contributed by atoms with van der Waals surface area (Å²) in [4.78, 5) is 52.1. The standard InChI is InChI=1S/C24H22F3N3O6/c1-13-17(22(33)29(2)3)10-18(21(32)28-11-16-9-19(31)20(35-4)12-36-16)23(34)30(13)15-7-5-6-14(8-15)24(25,26)27/h5-10,12H,11H2,1-4H3,(H,28,32). The molecule has 0 saturated heterocycles. The molecule has 2 amide bonds. The Kier molecular flexibility index (Phi) is 7.37. The van der Waals surface area contributed by atoms with Gasteiger partial charge in [0.05, 0.1) is 24.8 Å². The highest BCUT2D eigenvalue weighted by Gasteiger charge is 2.31. The molecule has 0 spiro atoms. The normalized spacial score (nSPS) is 11.2. The van der Waals surface area contributed by atoms with Crippen molar-refractivity contribution in [1.29, 1.82) is 0 Å². The predicted molar refractivity (Wildman–Crippen MR) is 122 cm³/mol. The maximum atomic E-state index is 13.3. The molecule has 12 heteroatoms. The van der Waals surface area contributed by atoms with E-state index < -0.39 is 40.1 Å². The Hall–Kier alpha value is -4.35. The molecule has 2 heterocycles. The molecule has 0 aliphatic carbocycles. The number of hydrogen-bond donors (Lipinski definition) is 1. The van der Waals surface area contributed by atoms with E-state index in [9.17, 15) is 32.3 Å². The molecule has 36 heavy (non-hydrogen) atoms. The third-order valence-electron chi connectivity index (χ3n) is 5.26. The molecule has 190 valence electrons. The number of hydrogen-bond acceptors (Lipinski definition) is 6. The topological polar surface area (TPSA) is 111 Å². The van der Waals surface area contributed by atoms with Gasteiger partial charge in [-0.1, -0.05) is 6.07 Å². The zero-order valence-corrected chi connectivity index (χ0v) is 19.7. The molecule has 0 fully saturated rings. The minimum atomic E-state index is -4.67. The van der Waals surface area contributed by atoms with Crippen molar-refractivity contribution in [2.24, 2.45) is 0 Å². The first-order valence-electron chi connectivity index (χ1n) is 10.4. The van der Waals surface area contributed by atoms with E-state index in [4.69, 9.17) is 9.15 Å². The zero-order valence-electron chi connectivity index (χ0n) is 19.7. The molecule has 0 bridgehead atoms. The second-order valence-electron chi connectivity index (χ2n) is 7.91. The number of halogens is 3. The van der Waals surface area contributed by atoms with Crippen LogP contribution in [0.25, 0.3) is 5.69 Å². The highest BCUT2D eigenvalue weighted by molar-refractivity contribution is 6.00. The summed E-state index contributed by atoms with van der Waals surface area (Å²) in [6.45, 7) is 1.11. The van der Waals surface area contributed by atoms with Crippen LogP contribution in [0.3, 0.4) is 0 Å². The second-order valence-corrected chi connectivity index (χ2v) is 7.91. The van der Waals surface area contributed by atoms with Gasteiger partial charge in [0, 0.05) is 31.5 Å². The monoisotopic (exact) mass is 505 g/mol. The molecule has 0 unspecified atom stereocenters. The number of ether oxygens (including phenoxy) is 1. The van der Waals surface area contributed by atoms with Crippen LogP contribution in [0.1, 0.15) is 37.7 Å². The summed E-state index contributed by atoms with van der Waals surface area (Å²) in [7, 11) is 4.19. The van der Waals surface area contributed by atoms with Gasteiger partial charge in [-0.2, -0.15) is 13.2 Å². The van der Waals surface area contributed by atoms with Crippen LogP contribution in [-0.2, 0) is 12.7 Å². The first kappa shape index (κ1) is 26.3. The van der Waals surface area contributed by atoms with E-state index in [1.165, 1.54) is 39.1 Å². The van der Waals surface area contributed by atoms with Gasteiger partial charge in [-0.15, -0.1) is 0 Å². The van der Waals surface area contributed by atoms with E-state index in [0.29, 0.717) is 0 Å². The lowest BCUT2D eigenvalue weighted by Crippen LogP contribution is -2.36. The number of rotatable bonds is 6. The van der Waals surface area contributed by atoms with Gasteiger partial charge in [0.25, 0.3) is 17.4 Å². The quantitative estimate of drug-likeness (QED) is 0.552. The van der Waals surface area contributed by atoms with E-state index in [0.717, 1.165) is 41.2 Å². The van der Waals surface area contributed by atoms with Gasteiger partial charge in [-0.05, 0) is 31.2 Å². The van der Waals surface area contributed by atoms with Crippen LogP contribution < -0.4 is 21.0 Å². The minimum Gasteiger partial charge on any atom is -0.490 e. The third kappa shape index (κ3) is 5.32. The smallest absolute Gasteiger partial charge is 0.416 e. The van der Waals surface area contributed by atoms with Crippen molar-refractivity contribution in [3.8, 4) is 11.4 Å². The highest BCUT2D eigenvalue weighted by Crippen LogP contribution is 2.30. The molecule has 3 rings (SSSR count). The van der Waals surface area contributed by atoms with Crippen molar-refractivity contribution in [3.05, 3.63) is 91.4 Å². The maximum Gasteiger partial charge on any atom is 0.416 e. The van der Waals surface area contributed by atoms with E-state index in [1.54, 1.807) is 0 Å². The van der Waals surface area contributed by atoms with Crippen LogP contribution in [0.2, 0.25) is 0 Å². The average molecular weight is 505 g/mol. The maximum absolute atomic E-state index is 13.3. The fourth-order valence-electron chi connectivity index (χ4n) is 3.40. The van der Waals surface area contributed by atoms with Crippen LogP contribution in [0.4, 0.5) is 13.2 Å². The average Bonchev–Trinajstić information content (AvgIpc) is 2.82. The Balaban J connectivity index is 2.10. The Morgan fingerprint density at radius 1 is 1.11 bits per heavy atom. The highest BCUT2D eigenvalue weighted by atomic mass is 19.4. The molecule has 0 aliphatic rings. The summed E-state index contributed by atoms with van der Waals surface area (Å²) < 4.78 is 50.8. The summed E-state index contributed by atoms with van der Waals surface area (Å²) in [5.41, 5.74) is -3.09. The van der Waals surface area contributed by atoms with E-state index >= 15 is 0 Å². The van der Waals surface area contributed by atoms with Crippen molar-refractivity contribution in [1.82, 2.24) is 14.8 Å². The van der Waals surface area contributed by atoms with Gasteiger partial charge in [0.1, 0.15) is 17.6 Å². The van der Waals surface area contributed by atoms with Gasteiger partial charge in [-0.25, -0.2) is 0 Å². The summed E-state index contributed by atoms with van der Waals surface area (Å²) in [5, 5.41) is 2.42. The molecule has 0 radical (unpaired) electrons. The Morgan fingerprint density at radius 2 is 1.81 bits per heavy atom. The summed E-state index contributed by atoms with van der Waals surface area (Å²) in [5.74, 6) is -1.47. The molecule has 3 aromatic rings. The van der Waals surface area contributed by atoms with Crippen LogP contribution in [0.5, 0.6) is 5.75 Å². The molecular weight excluding hydrogens is 483 g/mol. The second kappa shape index (κ2) is 10.1. The summed E-state index contributed by atoms with van der Waals surface area (Å²) in [6.07, 6.45) is -3.61.